The smallest absolute Gasteiger partial charge is 0.403 e. The van der Waals surface area contributed by atoms with Crippen LogP contribution >= 0.6 is 0 Å². The van der Waals surface area contributed by atoms with Crippen LogP contribution in [-0.2, 0) is 14.3 Å². The van der Waals surface area contributed by atoms with Gasteiger partial charge in [-0.05, 0) is 38.5 Å². The average Bonchev–Trinajstić information content (AvgIpc) is 3.36. The molecule has 23 heavy (non-hydrogen) atoms. The molecular formula is C16H25F2N2O3+. The molecule has 0 aromatic rings. The molecule has 0 atom stereocenters. The summed E-state index contributed by atoms with van der Waals surface area (Å²) in [6.07, 6.45) is 0.456. The number of hydrogen-bond acceptors (Lipinski definition) is 4. The minimum Gasteiger partial charge on any atom is -0.458 e. The first-order chi connectivity index (χ1) is 11.0. The Bertz CT molecular complexity index is 482. The van der Waals surface area contributed by atoms with E-state index in [9.17, 15) is 13.6 Å². The fraction of sp³-hybridized carbons (Fsp3) is 0.750. The molecule has 5 nitrogen and oxygen atoms in total. The number of carbonyl (C=O) groups is 1. The molecule has 2 fully saturated rings. The van der Waals surface area contributed by atoms with Crippen LogP contribution < -0.4 is 10.7 Å². The molecule has 1 heterocycles. The van der Waals surface area contributed by atoms with E-state index in [1.807, 2.05) is 0 Å². The molecule has 1 aliphatic carbocycles. The lowest BCUT2D eigenvalue weighted by atomic mass is 10.00. The molecule has 0 radical (unpaired) electrons. The van der Waals surface area contributed by atoms with Gasteiger partial charge in [0.2, 0.25) is 0 Å². The third kappa shape index (κ3) is 4.99. The summed E-state index contributed by atoms with van der Waals surface area (Å²) in [6, 6.07) is 0. The van der Waals surface area contributed by atoms with Crippen molar-refractivity contribution in [3.05, 3.63) is 11.3 Å². The van der Waals surface area contributed by atoms with Crippen LogP contribution in [0.4, 0.5) is 8.78 Å². The summed E-state index contributed by atoms with van der Waals surface area (Å²) in [7, 11) is 0. The van der Waals surface area contributed by atoms with Crippen LogP contribution in [0, 0.1) is 11.8 Å². The minimum absolute atomic E-state index is 0.0479. The third-order valence-corrected chi connectivity index (χ3v) is 4.20. The molecule has 1 aliphatic heterocycles. The molecule has 0 aromatic heterocycles. The Kier molecular flexibility index (Phi) is 6.50. The van der Waals surface area contributed by atoms with Gasteiger partial charge in [0.05, 0.1) is 6.61 Å². The summed E-state index contributed by atoms with van der Waals surface area (Å²) in [5.41, 5.74) is 5.42. The number of nitrogens with one attached hydrogen (secondary N) is 1. The van der Waals surface area contributed by atoms with Gasteiger partial charge in [0, 0.05) is 24.8 Å². The maximum absolute atomic E-state index is 13.5. The normalized spacial score (nSPS) is 21.3. The van der Waals surface area contributed by atoms with Gasteiger partial charge < -0.3 is 15.2 Å². The van der Waals surface area contributed by atoms with E-state index < -0.39 is 18.0 Å². The van der Waals surface area contributed by atoms with Crippen molar-refractivity contribution in [1.82, 2.24) is 0 Å². The van der Waals surface area contributed by atoms with Crippen LogP contribution in [-0.4, -0.2) is 44.5 Å². The summed E-state index contributed by atoms with van der Waals surface area (Å²) >= 11 is 0. The lowest BCUT2D eigenvalue weighted by Crippen LogP contribution is -2.77. The summed E-state index contributed by atoms with van der Waals surface area (Å²) in [5.74, 6) is -0.527. The van der Waals surface area contributed by atoms with E-state index >= 15 is 0 Å². The predicted octanol–water partition coefficient (Wildman–Crippen LogP) is 0.386. The lowest BCUT2D eigenvalue weighted by molar-refractivity contribution is -0.467. The summed E-state index contributed by atoms with van der Waals surface area (Å²) in [4.78, 5) is 15.0. The van der Waals surface area contributed by atoms with Gasteiger partial charge in [-0.1, -0.05) is 0 Å². The van der Waals surface area contributed by atoms with Crippen molar-refractivity contribution in [2.24, 2.45) is 17.6 Å². The topological polar surface area (TPSA) is 75.5 Å². The summed E-state index contributed by atoms with van der Waals surface area (Å²) in [5, 5.41) is 0. The number of nitrogens with two attached hydrogens (primary N) is 1. The van der Waals surface area contributed by atoms with Gasteiger partial charge in [-0.25, -0.2) is 18.6 Å². The number of allylic oxidation sites excluding steroid dienone is 1. The number of rotatable bonds is 7. The lowest BCUT2D eigenvalue weighted by Gasteiger charge is -2.18. The SMILES string of the molecule is CCOC(=O)C(=[NH+]CC1CCOCC1)/C(=C(\N)C1CC1)C(F)F. The van der Waals surface area contributed by atoms with Crippen molar-refractivity contribution in [2.45, 2.75) is 39.0 Å². The van der Waals surface area contributed by atoms with E-state index in [4.69, 9.17) is 15.2 Å². The fourth-order valence-electron chi connectivity index (χ4n) is 2.67. The average molecular weight is 331 g/mol. The zero-order valence-electron chi connectivity index (χ0n) is 13.4. The standard InChI is InChI=1S/C16H24F2N2O3/c1-2-23-16(21)14(20-9-10-5-7-22-8-6-10)12(15(17)18)13(19)11-3-4-11/h10-11,15H,2-9,19H2,1H3/p+1/b13-12+,20-14?. The molecule has 1 saturated heterocycles. The van der Waals surface area contributed by atoms with Crippen LogP contribution in [0.15, 0.2) is 11.3 Å². The van der Waals surface area contributed by atoms with Gasteiger partial charge in [-0.15, -0.1) is 0 Å². The Morgan fingerprint density at radius 3 is 2.48 bits per heavy atom. The van der Waals surface area contributed by atoms with Crippen molar-refractivity contribution in [2.75, 3.05) is 26.4 Å². The van der Waals surface area contributed by atoms with Gasteiger partial charge in [0.25, 0.3) is 12.1 Å². The number of carbonyl (C=O) groups excluding carboxylic acids is 1. The molecule has 7 heteroatoms. The molecule has 2 rings (SSSR count). The molecule has 0 spiro atoms. The van der Waals surface area contributed by atoms with Crippen LogP contribution in [0.3, 0.4) is 0 Å². The third-order valence-electron chi connectivity index (χ3n) is 4.20. The van der Waals surface area contributed by atoms with Crippen molar-refractivity contribution >= 4 is 11.7 Å². The van der Waals surface area contributed by atoms with Gasteiger partial charge in [0.15, 0.2) is 0 Å². The Balaban J connectivity index is 2.23. The maximum atomic E-state index is 13.5. The molecule has 2 aliphatic rings. The van der Waals surface area contributed by atoms with E-state index in [0.29, 0.717) is 19.8 Å². The fourth-order valence-corrected chi connectivity index (χ4v) is 2.67. The molecule has 0 bridgehead atoms. The highest BCUT2D eigenvalue weighted by atomic mass is 19.3. The van der Waals surface area contributed by atoms with Gasteiger partial charge in [-0.2, -0.15) is 0 Å². The van der Waals surface area contributed by atoms with Gasteiger partial charge in [0.1, 0.15) is 12.1 Å². The van der Waals surface area contributed by atoms with Crippen molar-refractivity contribution in [3.63, 3.8) is 0 Å². The summed E-state index contributed by atoms with van der Waals surface area (Å²) < 4.78 is 37.3. The van der Waals surface area contributed by atoms with E-state index in [-0.39, 0.29) is 29.9 Å². The molecule has 0 aromatic carbocycles. The highest BCUT2D eigenvalue weighted by Crippen LogP contribution is 2.36. The van der Waals surface area contributed by atoms with Crippen molar-refractivity contribution in [1.29, 1.82) is 0 Å². The van der Waals surface area contributed by atoms with Gasteiger partial charge >= 0.3 is 5.97 Å². The minimum atomic E-state index is -2.81. The largest absolute Gasteiger partial charge is 0.458 e. The van der Waals surface area contributed by atoms with Crippen molar-refractivity contribution in [3.8, 4) is 0 Å². The Hall–Kier alpha value is -1.50. The number of alkyl halides is 2. The highest BCUT2D eigenvalue weighted by molar-refractivity contribution is 6.41. The van der Waals surface area contributed by atoms with E-state index in [2.05, 4.69) is 4.99 Å². The Morgan fingerprint density at radius 1 is 1.30 bits per heavy atom. The second kappa shape index (κ2) is 8.38. The summed E-state index contributed by atoms with van der Waals surface area (Å²) in [6.45, 7) is 3.52. The number of ether oxygens (including phenoxy) is 2. The number of halogens is 2. The maximum Gasteiger partial charge on any atom is 0.403 e. The second-order valence-electron chi connectivity index (χ2n) is 5.98. The molecular weight excluding hydrogens is 306 g/mol. The number of esters is 1. The molecule has 130 valence electrons. The molecule has 3 N–H and O–H groups in total. The number of hydrogen-bond donors (Lipinski definition) is 2. The highest BCUT2D eigenvalue weighted by Gasteiger charge is 2.38. The second-order valence-corrected chi connectivity index (χ2v) is 5.98. The van der Waals surface area contributed by atoms with E-state index in [1.165, 1.54) is 0 Å². The van der Waals surface area contributed by atoms with Gasteiger partial charge in [-0.3, -0.25) is 0 Å². The molecule has 0 unspecified atom stereocenters. The Labute approximate surface area is 134 Å². The van der Waals surface area contributed by atoms with E-state index in [0.717, 1.165) is 25.7 Å². The molecule has 0 amide bonds. The monoisotopic (exact) mass is 331 g/mol. The van der Waals surface area contributed by atoms with Crippen LogP contribution in [0.2, 0.25) is 0 Å². The quantitative estimate of drug-likeness (QED) is 0.523. The van der Waals surface area contributed by atoms with Crippen LogP contribution in [0.5, 0.6) is 0 Å². The van der Waals surface area contributed by atoms with Crippen LogP contribution in [0.25, 0.3) is 0 Å². The van der Waals surface area contributed by atoms with Crippen molar-refractivity contribution < 1.29 is 28.0 Å². The first kappa shape index (κ1) is 17.8. The first-order valence-corrected chi connectivity index (χ1v) is 8.18. The predicted molar refractivity (Wildman–Crippen MR) is 81.0 cm³/mol. The van der Waals surface area contributed by atoms with E-state index in [1.54, 1.807) is 6.92 Å². The van der Waals surface area contributed by atoms with Crippen LogP contribution in [0.1, 0.15) is 32.6 Å². The molecule has 1 saturated carbocycles. The Morgan fingerprint density at radius 2 is 1.96 bits per heavy atom. The zero-order valence-corrected chi connectivity index (χ0v) is 13.4. The zero-order chi connectivity index (χ0) is 16.8. The first-order valence-electron chi connectivity index (χ1n) is 8.18.